The van der Waals surface area contributed by atoms with E-state index in [-0.39, 0.29) is 0 Å². The van der Waals surface area contributed by atoms with Crippen LogP contribution in [-0.4, -0.2) is 5.78 Å². The predicted octanol–water partition coefficient (Wildman–Crippen LogP) is 2.70. The van der Waals surface area contributed by atoms with Gasteiger partial charge in [-0.1, -0.05) is 31.2 Å². The molecule has 0 aromatic heterocycles. The molecule has 0 aliphatic heterocycles. The molecule has 2 rings (SSSR count). The molecule has 1 fully saturated rings. The normalized spacial score (nSPS) is 17.2. The minimum atomic E-state index is 0.407. The summed E-state index contributed by atoms with van der Waals surface area (Å²) in [6, 6.07) is 8.65. The van der Waals surface area contributed by atoms with Crippen LogP contribution in [-0.2, 0) is 11.2 Å². The van der Waals surface area contributed by atoms with Crippen molar-refractivity contribution in [3.05, 3.63) is 35.4 Å². The maximum Gasteiger partial charge on any atom is 0.134 e. The van der Waals surface area contributed by atoms with Crippen molar-refractivity contribution in [2.24, 2.45) is 0 Å². The molecule has 0 bridgehead atoms. The van der Waals surface area contributed by atoms with Crippen LogP contribution < -0.4 is 0 Å². The maximum absolute atomic E-state index is 10.8. The van der Waals surface area contributed by atoms with E-state index in [0.29, 0.717) is 11.7 Å². The summed E-state index contributed by atoms with van der Waals surface area (Å²) in [7, 11) is 0. The molecule has 0 N–H and O–H groups in total. The highest BCUT2D eigenvalue weighted by molar-refractivity contribution is 5.86. The summed E-state index contributed by atoms with van der Waals surface area (Å²) in [5, 5.41) is 0. The third-order valence-electron chi connectivity index (χ3n) is 2.81. The molecule has 0 heterocycles. The molecule has 1 saturated carbocycles. The van der Waals surface area contributed by atoms with Gasteiger partial charge in [0.05, 0.1) is 0 Å². The second-order valence-corrected chi connectivity index (χ2v) is 3.74. The van der Waals surface area contributed by atoms with Crippen molar-refractivity contribution in [2.75, 3.05) is 0 Å². The number of aryl methyl sites for hydroxylation is 1. The van der Waals surface area contributed by atoms with Crippen LogP contribution >= 0.6 is 0 Å². The van der Waals surface area contributed by atoms with E-state index in [1.54, 1.807) is 0 Å². The van der Waals surface area contributed by atoms with Gasteiger partial charge in [0.1, 0.15) is 5.78 Å². The van der Waals surface area contributed by atoms with Gasteiger partial charge in [0, 0.05) is 12.8 Å². The minimum Gasteiger partial charge on any atom is -0.300 e. The third kappa shape index (κ3) is 1.64. The highest BCUT2D eigenvalue weighted by Gasteiger charge is 2.27. The first-order valence-corrected chi connectivity index (χ1v) is 4.90. The molecule has 1 aromatic carbocycles. The molecule has 1 heteroatoms. The molecule has 1 aliphatic carbocycles. The molecule has 68 valence electrons. The average Bonchev–Trinajstić information content (AvgIpc) is 2.13. The van der Waals surface area contributed by atoms with Crippen molar-refractivity contribution < 1.29 is 4.79 Å². The number of benzene rings is 1. The molecule has 1 nitrogen and oxygen atoms in total. The molecule has 0 atom stereocenters. The van der Waals surface area contributed by atoms with Crippen LogP contribution in [0.3, 0.4) is 0 Å². The lowest BCUT2D eigenvalue weighted by atomic mass is 9.79. The fourth-order valence-electron chi connectivity index (χ4n) is 1.75. The summed E-state index contributed by atoms with van der Waals surface area (Å²) in [5.74, 6) is 0.919. The van der Waals surface area contributed by atoms with Gasteiger partial charge in [-0.2, -0.15) is 0 Å². The van der Waals surface area contributed by atoms with Crippen LogP contribution in [0.25, 0.3) is 0 Å². The molecule has 13 heavy (non-hydrogen) atoms. The van der Waals surface area contributed by atoms with E-state index < -0.39 is 0 Å². The van der Waals surface area contributed by atoms with Gasteiger partial charge < -0.3 is 0 Å². The fraction of sp³-hybridized carbons (Fsp3) is 0.417. The first kappa shape index (κ1) is 8.49. The minimum absolute atomic E-state index is 0.407. The lowest BCUT2D eigenvalue weighted by Gasteiger charge is -2.24. The average molecular weight is 174 g/mol. The highest BCUT2D eigenvalue weighted by atomic mass is 16.1. The topological polar surface area (TPSA) is 17.1 Å². The smallest absolute Gasteiger partial charge is 0.134 e. The fourth-order valence-corrected chi connectivity index (χ4v) is 1.75. The Morgan fingerprint density at radius 1 is 1.23 bits per heavy atom. The van der Waals surface area contributed by atoms with Gasteiger partial charge in [0.2, 0.25) is 0 Å². The van der Waals surface area contributed by atoms with Gasteiger partial charge in [-0.3, -0.25) is 4.79 Å². The van der Waals surface area contributed by atoms with Gasteiger partial charge in [-0.15, -0.1) is 0 Å². The Labute approximate surface area is 78.8 Å². The van der Waals surface area contributed by atoms with Gasteiger partial charge in [0.15, 0.2) is 0 Å². The van der Waals surface area contributed by atoms with E-state index >= 15 is 0 Å². The zero-order valence-corrected chi connectivity index (χ0v) is 7.92. The molecule has 0 saturated heterocycles. The van der Waals surface area contributed by atoms with Crippen molar-refractivity contribution in [3.8, 4) is 0 Å². The highest BCUT2D eigenvalue weighted by Crippen LogP contribution is 2.33. The Kier molecular flexibility index (Phi) is 2.17. The van der Waals surface area contributed by atoms with Crippen LogP contribution in [0.1, 0.15) is 36.8 Å². The Bertz CT molecular complexity index is 302. The van der Waals surface area contributed by atoms with E-state index in [9.17, 15) is 4.79 Å². The van der Waals surface area contributed by atoms with E-state index in [0.717, 1.165) is 19.3 Å². The van der Waals surface area contributed by atoms with Crippen molar-refractivity contribution >= 4 is 5.78 Å². The van der Waals surface area contributed by atoms with Gasteiger partial charge in [0.25, 0.3) is 0 Å². The number of carbonyl (C=O) groups is 1. The largest absolute Gasteiger partial charge is 0.300 e. The lowest BCUT2D eigenvalue weighted by Crippen LogP contribution is -2.20. The van der Waals surface area contributed by atoms with Crippen LogP contribution in [0, 0.1) is 0 Å². The number of hydrogen-bond acceptors (Lipinski definition) is 1. The standard InChI is InChI=1S/C12H14O/c1-2-9-3-5-10(6-4-9)11-7-12(13)8-11/h3-6,11H,2,7-8H2,1H3. The summed E-state index contributed by atoms with van der Waals surface area (Å²) in [6.45, 7) is 2.15. The molecule has 0 radical (unpaired) electrons. The monoisotopic (exact) mass is 174 g/mol. The number of ketones is 1. The summed E-state index contributed by atoms with van der Waals surface area (Å²) in [6.07, 6.45) is 2.60. The summed E-state index contributed by atoms with van der Waals surface area (Å²) in [5.41, 5.74) is 2.70. The van der Waals surface area contributed by atoms with Crippen molar-refractivity contribution in [1.29, 1.82) is 0 Å². The Hall–Kier alpha value is -1.11. The third-order valence-corrected chi connectivity index (χ3v) is 2.81. The maximum atomic E-state index is 10.8. The number of Topliss-reactive ketones (excluding diaryl/α,β-unsaturated/α-hetero) is 1. The number of hydrogen-bond donors (Lipinski definition) is 0. The van der Waals surface area contributed by atoms with E-state index in [4.69, 9.17) is 0 Å². The lowest BCUT2D eigenvalue weighted by molar-refractivity contribution is -0.124. The zero-order chi connectivity index (χ0) is 9.26. The molecular formula is C12H14O. The zero-order valence-electron chi connectivity index (χ0n) is 7.92. The molecule has 0 spiro atoms. The van der Waals surface area contributed by atoms with Gasteiger partial charge in [-0.05, 0) is 23.5 Å². The van der Waals surface area contributed by atoms with Crippen LogP contribution in [0.2, 0.25) is 0 Å². The summed E-state index contributed by atoms with van der Waals surface area (Å²) in [4.78, 5) is 10.8. The predicted molar refractivity (Wildman–Crippen MR) is 52.8 cm³/mol. The van der Waals surface area contributed by atoms with E-state index in [1.807, 2.05) is 0 Å². The van der Waals surface area contributed by atoms with Crippen LogP contribution in [0.15, 0.2) is 24.3 Å². The van der Waals surface area contributed by atoms with E-state index in [2.05, 4.69) is 31.2 Å². The Morgan fingerprint density at radius 2 is 1.85 bits per heavy atom. The first-order chi connectivity index (χ1) is 6.29. The van der Waals surface area contributed by atoms with Crippen LogP contribution in [0.5, 0.6) is 0 Å². The second-order valence-electron chi connectivity index (χ2n) is 3.74. The molecular weight excluding hydrogens is 160 g/mol. The van der Waals surface area contributed by atoms with Gasteiger partial charge in [-0.25, -0.2) is 0 Å². The van der Waals surface area contributed by atoms with Crippen LogP contribution in [0.4, 0.5) is 0 Å². The first-order valence-electron chi connectivity index (χ1n) is 4.90. The SMILES string of the molecule is CCc1ccc(C2CC(=O)C2)cc1. The molecule has 1 aliphatic rings. The number of rotatable bonds is 2. The summed E-state index contributed by atoms with van der Waals surface area (Å²) < 4.78 is 0. The Balaban J connectivity index is 2.10. The molecule has 0 amide bonds. The molecule has 1 aromatic rings. The quantitative estimate of drug-likeness (QED) is 0.673. The van der Waals surface area contributed by atoms with Crippen molar-refractivity contribution in [3.63, 3.8) is 0 Å². The Morgan fingerprint density at radius 3 is 2.31 bits per heavy atom. The van der Waals surface area contributed by atoms with Gasteiger partial charge >= 0.3 is 0 Å². The summed E-state index contributed by atoms with van der Waals surface area (Å²) >= 11 is 0. The molecule has 0 unspecified atom stereocenters. The van der Waals surface area contributed by atoms with E-state index in [1.165, 1.54) is 11.1 Å². The van der Waals surface area contributed by atoms with Crippen molar-refractivity contribution in [2.45, 2.75) is 32.1 Å². The number of carbonyl (C=O) groups excluding carboxylic acids is 1. The van der Waals surface area contributed by atoms with Crippen molar-refractivity contribution in [1.82, 2.24) is 0 Å². The second kappa shape index (κ2) is 3.33.